The summed E-state index contributed by atoms with van der Waals surface area (Å²) in [6, 6.07) is 8.22. The topological polar surface area (TPSA) is 109 Å². The van der Waals surface area contributed by atoms with Crippen molar-refractivity contribution in [1.82, 2.24) is 4.98 Å². The number of nitrogens with two attached hydrogens (primary N) is 1. The van der Waals surface area contributed by atoms with Crippen LogP contribution >= 0.6 is 10.6 Å². The van der Waals surface area contributed by atoms with Crippen LogP contribution in [0.5, 0.6) is 5.75 Å². The highest BCUT2D eigenvalue weighted by Crippen LogP contribution is 2.49. The van der Waals surface area contributed by atoms with Crippen LogP contribution < -0.4 is 10.5 Å². The van der Waals surface area contributed by atoms with Gasteiger partial charge in [0.15, 0.2) is 11.6 Å². The molecule has 3 aromatic rings. The van der Waals surface area contributed by atoms with Gasteiger partial charge in [-0.2, -0.15) is 10.6 Å². The van der Waals surface area contributed by atoms with Gasteiger partial charge < -0.3 is 15.5 Å². The van der Waals surface area contributed by atoms with E-state index in [2.05, 4.69) is 4.98 Å². The van der Waals surface area contributed by atoms with Crippen LogP contribution in [-0.2, 0) is 0 Å². The Hall–Kier alpha value is -2.55. The number of aromatic amines is 1. The van der Waals surface area contributed by atoms with Gasteiger partial charge in [-0.05, 0) is 59.7 Å². The number of aromatic nitrogens is 1. The van der Waals surface area contributed by atoms with Gasteiger partial charge in [0.05, 0.1) is 18.2 Å². The van der Waals surface area contributed by atoms with Crippen molar-refractivity contribution in [3.05, 3.63) is 53.5 Å². The van der Waals surface area contributed by atoms with Crippen LogP contribution in [-0.4, -0.2) is 38.6 Å². The number of carbonyl (C=O) groups excluding carboxylic acids is 1. The van der Waals surface area contributed by atoms with E-state index in [-0.39, 0.29) is 11.7 Å². The first kappa shape index (κ1) is 19.8. The molecule has 2 heterocycles. The van der Waals surface area contributed by atoms with Crippen molar-refractivity contribution in [1.29, 1.82) is 0 Å². The second-order valence-corrected chi connectivity index (χ2v) is 9.81. The maximum atomic E-state index is 14.2. The molecule has 1 aromatic heterocycles. The molecule has 6 nitrogen and oxygen atoms in total. The van der Waals surface area contributed by atoms with Gasteiger partial charge >= 0.3 is 0 Å². The number of nitrogens with one attached hydrogen (secondary N) is 1. The van der Waals surface area contributed by atoms with Crippen LogP contribution in [0.2, 0.25) is 0 Å². The Bertz CT molecular complexity index is 1090. The number of fused-ring (bicyclic) bond motifs is 1. The second-order valence-electron chi connectivity index (χ2n) is 7.39. The predicted octanol–water partition coefficient (Wildman–Crippen LogP) is 4.71. The Labute approximate surface area is 169 Å². The van der Waals surface area contributed by atoms with Crippen molar-refractivity contribution in [2.24, 2.45) is 5.73 Å². The highest BCUT2D eigenvalue weighted by atomic mass is 32.3. The maximum absolute atomic E-state index is 14.2. The molecule has 1 saturated heterocycles. The third-order valence-electron chi connectivity index (χ3n) is 5.60. The fourth-order valence-corrected chi connectivity index (χ4v) is 5.55. The van der Waals surface area contributed by atoms with Gasteiger partial charge in [-0.25, -0.2) is 4.39 Å². The number of primary amides is 1. The first-order chi connectivity index (χ1) is 13.8. The Morgan fingerprint density at radius 3 is 2.55 bits per heavy atom. The summed E-state index contributed by atoms with van der Waals surface area (Å²) in [6.45, 7) is 0. The molecule has 1 aliphatic rings. The molecule has 0 atom stereocenters. The SMILES string of the molecule is COc1ccc(-c2cc(C(N)=O)c3[nH]cc(C4CCS(O)(O)CC4)c3c2)cc1F. The standard InChI is InChI=1S/C21H23FN2O4S/c1-28-19-3-2-13(10-18(19)22)14-8-15-17(12-4-6-29(26,27)7-5-12)11-24-20(15)16(9-14)21(23)25/h2-3,8-12,24,26-27H,4-7H2,1H3,(H2,23,25). The number of carbonyl (C=O) groups is 1. The Morgan fingerprint density at radius 2 is 1.93 bits per heavy atom. The monoisotopic (exact) mass is 418 g/mol. The van der Waals surface area contributed by atoms with Gasteiger partial charge in [0.25, 0.3) is 5.91 Å². The summed E-state index contributed by atoms with van der Waals surface area (Å²) in [5, 5.41) is 0.843. The minimum Gasteiger partial charge on any atom is -0.494 e. The molecule has 5 N–H and O–H groups in total. The molecule has 1 amide bonds. The van der Waals surface area contributed by atoms with Crippen molar-refractivity contribution < 1.29 is 23.0 Å². The fourth-order valence-electron chi connectivity index (χ4n) is 4.02. The lowest BCUT2D eigenvalue weighted by Crippen LogP contribution is -2.19. The van der Waals surface area contributed by atoms with Crippen LogP contribution in [0.25, 0.3) is 22.0 Å². The van der Waals surface area contributed by atoms with E-state index in [4.69, 9.17) is 10.5 Å². The molecular formula is C21H23FN2O4S. The molecule has 1 fully saturated rings. The van der Waals surface area contributed by atoms with Crippen molar-refractivity contribution in [2.45, 2.75) is 18.8 Å². The van der Waals surface area contributed by atoms with Crippen molar-refractivity contribution in [3.8, 4) is 16.9 Å². The van der Waals surface area contributed by atoms with Gasteiger partial charge in [-0.15, -0.1) is 0 Å². The quantitative estimate of drug-likeness (QED) is 0.492. The highest BCUT2D eigenvalue weighted by molar-refractivity contribution is 8.24. The van der Waals surface area contributed by atoms with E-state index in [0.29, 0.717) is 46.6 Å². The zero-order chi connectivity index (χ0) is 20.8. The van der Waals surface area contributed by atoms with E-state index in [0.717, 1.165) is 10.9 Å². The fraction of sp³-hybridized carbons (Fsp3) is 0.286. The number of rotatable bonds is 4. The lowest BCUT2D eigenvalue weighted by Gasteiger charge is -2.39. The zero-order valence-electron chi connectivity index (χ0n) is 15.9. The molecule has 154 valence electrons. The van der Waals surface area contributed by atoms with E-state index in [1.165, 1.54) is 13.2 Å². The van der Waals surface area contributed by atoms with Crippen LogP contribution in [0.3, 0.4) is 0 Å². The van der Waals surface area contributed by atoms with Gasteiger partial charge in [0.1, 0.15) is 0 Å². The first-order valence-electron chi connectivity index (χ1n) is 9.31. The number of benzene rings is 2. The lowest BCUT2D eigenvalue weighted by molar-refractivity contribution is 0.100. The van der Waals surface area contributed by atoms with Crippen molar-refractivity contribution in [2.75, 3.05) is 18.6 Å². The molecular weight excluding hydrogens is 395 g/mol. The molecule has 0 bridgehead atoms. The van der Waals surface area contributed by atoms with E-state index >= 15 is 0 Å². The molecule has 8 heteroatoms. The molecule has 4 rings (SSSR count). The summed E-state index contributed by atoms with van der Waals surface area (Å²) < 4.78 is 39.0. The number of hydrogen-bond acceptors (Lipinski definition) is 4. The van der Waals surface area contributed by atoms with E-state index in [1.54, 1.807) is 18.2 Å². The Kier molecular flexibility index (Phi) is 5.02. The highest BCUT2D eigenvalue weighted by Gasteiger charge is 2.27. The summed E-state index contributed by atoms with van der Waals surface area (Å²) in [4.78, 5) is 15.2. The number of hydrogen-bond donors (Lipinski definition) is 4. The molecule has 0 spiro atoms. The summed E-state index contributed by atoms with van der Waals surface area (Å²) in [5.41, 5.74) is 8.88. The zero-order valence-corrected chi connectivity index (χ0v) is 16.8. The molecule has 0 saturated carbocycles. The lowest BCUT2D eigenvalue weighted by atomic mass is 9.91. The van der Waals surface area contributed by atoms with Crippen LogP contribution in [0, 0.1) is 5.82 Å². The van der Waals surface area contributed by atoms with Gasteiger partial charge in [0.2, 0.25) is 0 Å². The minimum atomic E-state index is -2.48. The molecule has 2 aromatic carbocycles. The molecule has 0 aliphatic carbocycles. The number of halogens is 1. The number of ether oxygens (including phenoxy) is 1. The third kappa shape index (κ3) is 3.71. The number of H-pyrrole nitrogens is 1. The average Bonchev–Trinajstić information content (AvgIpc) is 3.11. The first-order valence-corrected chi connectivity index (χ1v) is 11.2. The van der Waals surface area contributed by atoms with Crippen LogP contribution in [0.15, 0.2) is 36.5 Å². The Balaban J connectivity index is 1.83. The summed E-state index contributed by atoms with van der Waals surface area (Å²) in [6.07, 6.45) is 3.17. The summed E-state index contributed by atoms with van der Waals surface area (Å²) in [5.74, 6) is -0.0254. The van der Waals surface area contributed by atoms with E-state index < -0.39 is 22.3 Å². The number of methoxy groups -OCH3 is 1. The van der Waals surface area contributed by atoms with Crippen molar-refractivity contribution in [3.63, 3.8) is 0 Å². The van der Waals surface area contributed by atoms with Gasteiger partial charge in [-0.1, -0.05) is 6.07 Å². The maximum Gasteiger partial charge on any atom is 0.250 e. The largest absolute Gasteiger partial charge is 0.494 e. The molecule has 29 heavy (non-hydrogen) atoms. The Morgan fingerprint density at radius 1 is 1.21 bits per heavy atom. The smallest absolute Gasteiger partial charge is 0.250 e. The van der Waals surface area contributed by atoms with E-state index in [1.807, 2.05) is 12.3 Å². The van der Waals surface area contributed by atoms with Crippen LogP contribution in [0.1, 0.15) is 34.7 Å². The predicted molar refractivity (Wildman–Crippen MR) is 113 cm³/mol. The average molecular weight is 418 g/mol. The van der Waals surface area contributed by atoms with Gasteiger partial charge in [0, 0.05) is 23.1 Å². The molecule has 1 aliphatic heterocycles. The van der Waals surface area contributed by atoms with Gasteiger partial charge in [-0.3, -0.25) is 13.9 Å². The minimum absolute atomic E-state index is 0.146. The van der Waals surface area contributed by atoms with E-state index in [9.17, 15) is 18.3 Å². The van der Waals surface area contributed by atoms with Crippen molar-refractivity contribution >= 4 is 27.4 Å². The molecule has 0 radical (unpaired) electrons. The van der Waals surface area contributed by atoms with Crippen LogP contribution in [0.4, 0.5) is 4.39 Å². The molecule has 0 unspecified atom stereocenters. The summed E-state index contributed by atoms with van der Waals surface area (Å²) in [7, 11) is -1.08. The second kappa shape index (κ2) is 7.37. The normalized spacial score (nSPS) is 17.9. The number of amides is 1. The summed E-state index contributed by atoms with van der Waals surface area (Å²) >= 11 is 0. The third-order valence-corrected chi connectivity index (χ3v) is 7.38.